The lowest BCUT2D eigenvalue weighted by Crippen LogP contribution is -2.49. The van der Waals surface area contributed by atoms with Crippen molar-refractivity contribution in [3.05, 3.63) is 47.3 Å². The zero-order valence-corrected chi connectivity index (χ0v) is 22.4. The average molecular weight is 544 g/mol. The summed E-state index contributed by atoms with van der Waals surface area (Å²) < 4.78 is 39.0. The van der Waals surface area contributed by atoms with Gasteiger partial charge in [-0.2, -0.15) is 4.31 Å². The molecule has 2 aliphatic rings. The van der Waals surface area contributed by atoms with Crippen molar-refractivity contribution in [1.29, 1.82) is 0 Å². The van der Waals surface area contributed by atoms with Crippen LogP contribution in [-0.2, 0) is 19.6 Å². The SMILES string of the molecule is COCCCN1C(=O)c2cccc3c(NC(=O)C4CCCCN4S(=O)(=O)c4cccs4)cc(OC)c1c23. The molecule has 2 aromatic carbocycles. The van der Waals surface area contributed by atoms with Crippen molar-refractivity contribution in [2.45, 2.75) is 35.9 Å². The molecule has 9 nitrogen and oxygen atoms in total. The highest BCUT2D eigenvalue weighted by molar-refractivity contribution is 7.91. The van der Waals surface area contributed by atoms with Gasteiger partial charge in [-0.25, -0.2) is 8.42 Å². The summed E-state index contributed by atoms with van der Waals surface area (Å²) in [5, 5.41) is 6.10. The topological polar surface area (TPSA) is 105 Å². The molecule has 2 amide bonds. The number of hydrogen-bond donors (Lipinski definition) is 1. The summed E-state index contributed by atoms with van der Waals surface area (Å²) in [5.41, 5.74) is 1.69. The maximum absolute atomic E-state index is 13.6. The van der Waals surface area contributed by atoms with Gasteiger partial charge in [0.2, 0.25) is 5.91 Å². The monoisotopic (exact) mass is 543 g/mol. The number of rotatable bonds is 9. The van der Waals surface area contributed by atoms with Gasteiger partial charge in [-0.05, 0) is 36.8 Å². The Morgan fingerprint density at radius 1 is 1.19 bits per heavy atom. The minimum absolute atomic E-state index is 0.126. The van der Waals surface area contributed by atoms with Crippen LogP contribution in [0.4, 0.5) is 11.4 Å². The van der Waals surface area contributed by atoms with Crippen molar-refractivity contribution in [2.75, 3.05) is 44.1 Å². The molecule has 1 atom stereocenters. The first-order chi connectivity index (χ1) is 17.9. The Bertz CT molecular complexity index is 1440. The molecule has 0 radical (unpaired) electrons. The minimum Gasteiger partial charge on any atom is -0.494 e. The number of hydrogen-bond acceptors (Lipinski definition) is 7. The third-order valence-corrected chi connectivity index (χ3v) is 10.1. The van der Waals surface area contributed by atoms with Gasteiger partial charge in [0.1, 0.15) is 16.0 Å². The molecule has 1 unspecified atom stereocenters. The van der Waals surface area contributed by atoms with Gasteiger partial charge in [0, 0.05) is 43.6 Å². The van der Waals surface area contributed by atoms with E-state index >= 15 is 0 Å². The predicted octanol–water partition coefficient (Wildman–Crippen LogP) is 4.09. The largest absolute Gasteiger partial charge is 0.494 e. The lowest BCUT2D eigenvalue weighted by Gasteiger charge is -2.33. The van der Waals surface area contributed by atoms with Crippen molar-refractivity contribution < 1.29 is 27.5 Å². The molecule has 0 aliphatic carbocycles. The number of sulfonamides is 1. The quantitative estimate of drug-likeness (QED) is 0.408. The van der Waals surface area contributed by atoms with Crippen molar-refractivity contribution in [2.24, 2.45) is 0 Å². The number of carbonyl (C=O) groups excluding carboxylic acids is 2. The highest BCUT2D eigenvalue weighted by Crippen LogP contribution is 2.47. The smallest absolute Gasteiger partial charge is 0.259 e. The highest BCUT2D eigenvalue weighted by Gasteiger charge is 2.39. The fourth-order valence-electron chi connectivity index (χ4n) is 5.16. The van der Waals surface area contributed by atoms with E-state index < -0.39 is 22.0 Å². The molecule has 3 aromatic rings. The molecule has 37 heavy (non-hydrogen) atoms. The molecular formula is C26H29N3O6S2. The number of nitrogens with one attached hydrogen (secondary N) is 1. The highest BCUT2D eigenvalue weighted by atomic mass is 32.2. The lowest BCUT2D eigenvalue weighted by atomic mass is 10.0. The van der Waals surface area contributed by atoms with Crippen LogP contribution in [-0.4, -0.2) is 64.5 Å². The molecule has 1 aromatic heterocycles. The molecule has 0 spiro atoms. The van der Waals surface area contributed by atoms with Gasteiger partial charge in [0.25, 0.3) is 15.9 Å². The van der Waals surface area contributed by atoms with E-state index in [0.717, 1.165) is 17.8 Å². The van der Waals surface area contributed by atoms with E-state index in [1.807, 2.05) is 6.07 Å². The molecular weight excluding hydrogens is 514 g/mol. The van der Waals surface area contributed by atoms with E-state index in [4.69, 9.17) is 9.47 Å². The molecule has 2 aliphatic heterocycles. The van der Waals surface area contributed by atoms with E-state index in [0.29, 0.717) is 65.9 Å². The summed E-state index contributed by atoms with van der Waals surface area (Å²) >= 11 is 1.14. The fraction of sp³-hybridized carbons (Fsp3) is 0.385. The molecule has 11 heteroatoms. The zero-order chi connectivity index (χ0) is 26.2. The van der Waals surface area contributed by atoms with Crippen LogP contribution in [0.1, 0.15) is 36.0 Å². The second-order valence-electron chi connectivity index (χ2n) is 9.05. The van der Waals surface area contributed by atoms with Gasteiger partial charge in [0.15, 0.2) is 0 Å². The number of methoxy groups -OCH3 is 2. The first-order valence-electron chi connectivity index (χ1n) is 12.2. The van der Waals surface area contributed by atoms with E-state index in [9.17, 15) is 18.0 Å². The van der Waals surface area contributed by atoms with Crippen LogP contribution in [0.25, 0.3) is 10.8 Å². The van der Waals surface area contributed by atoms with Gasteiger partial charge in [-0.1, -0.05) is 24.6 Å². The Morgan fingerprint density at radius 2 is 2.03 bits per heavy atom. The van der Waals surface area contributed by atoms with Crippen LogP contribution < -0.4 is 15.0 Å². The average Bonchev–Trinajstić information content (AvgIpc) is 3.55. The summed E-state index contributed by atoms with van der Waals surface area (Å²) in [6.45, 7) is 1.28. The zero-order valence-electron chi connectivity index (χ0n) is 20.7. The normalized spacial score (nSPS) is 17.9. The van der Waals surface area contributed by atoms with Crippen LogP contribution >= 0.6 is 11.3 Å². The van der Waals surface area contributed by atoms with Crippen LogP contribution in [0.5, 0.6) is 5.75 Å². The van der Waals surface area contributed by atoms with E-state index in [2.05, 4.69) is 5.32 Å². The lowest BCUT2D eigenvalue weighted by molar-refractivity contribution is -0.120. The molecule has 1 saturated heterocycles. The molecule has 1 N–H and O–H groups in total. The third kappa shape index (κ3) is 4.50. The predicted molar refractivity (Wildman–Crippen MR) is 143 cm³/mol. The number of piperidine rings is 1. The molecule has 196 valence electrons. The van der Waals surface area contributed by atoms with Gasteiger partial charge in [0.05, 0.1) is 24.0 Å². The summed E-state index contributed by atoms with van der Waals surface area (Å²) in [6.07, 6.45) is 2.55. The number of anilines is 2. The Balaban J connectivity index is 1.51. The first kappa shape index (κ1) is 25.7. The standard InChI is InChI=1S/C26H29N3O6S2/c1-34-14-7-12-28-24-21(35-2)16-19(17-8-5-9-18(23(17)24)26(28)31)27-25(30)20-10-3-4-13-29(20)37(32,33)22-11-6-15-36-22/h5-6,8-9,11,15-16,20H,3-4,7,10,12-14H2,1-2H3,(H,27,30). The molecule has 0 bridgehead atoms. The summed E-state index contributed by atoms with van der Waals surface area (Å²) in [4.78, 5) is 28.5. The second kappa shape index (κ2) is 10.4. The van der Waals surface area contributed by atoms with Crippen molar-refractivity contribution in [3.8, 4) is 5.75 Å². The van der Waals surface area contributed by atoms with Crippen LogP contribution in [0.2, 0.25) is 0 Å². The van der Waals surface area contributed by atoms with E-state index in [-0.39, 0.29) is 16.7 Å². The maximum Gasteiger partial charge on any atom is 0.259 e. The number of nitrogens with zero attached hydrogens (tertiary/aromatic N) is 2. The van der Waals surface area contributed by atoms with E-state index in [1.165, 1.54) is 11.4 Å². The van der Waals surface area contributed by atoms with Gasteiger partial charge >= 0.3 is 0 Å². The fourth-order valence-corrected chi connectivity index (χ4v) is 7.94. The van der Waals surface area contributed by atoms with Crippen molar-refractivity contribution in [1.82, 2.24) is 4.31 Å². The van der Waals surface area contributed by atoms with Crippen molar-refractivity contribution >= 4 is 55.3 Å². The summed E-state index contributed by atoms with van der Waals surface area (Å²) in [5.74, 6) is -0.0620. The van der Waals surface area contributed by atoms with Crippen molar-refractivity contribution in [3.63, 3.8) is 0 Å². The Morgan fingerprint density at radius 3 is 2.76 bits per heavy atom. The van der Waals surface area contributed by atoms with Crippen LogP contribution in [0, 0.1) is 0 Å². The summed E-state index contributed by atoms with van der Waals surface area (Å²) in [6, 6.07) is 9.54. The number of thiophene rings is 1. The number of amides is 2. The number of carbonyl (C=O) groups is 2. The Kier molecular flexibility index (Phi) is 7.21. The summed E-state index contributed by atoms with van der Waals surface area (Å²) in [7, 11) is -0.638. The first-order valence-corrected chi connectivity index (χ1v) is 14.5. The van der Waals surface area contributed by atoms with Gasteiger partial charge < -0.3 is 19.7 Å². The van der Waals surface area contributed by atoms with Gasteiger partial charge in [-0.15, -0.1) is 11.3 Å². The molecule has 0 saturated carbocycles. The second-order valence-corrected chi connectivity index (χ2v) is 12.1. The Hall–Kier alpha value is -2.99. The molecule has 1 fully saturated rings. The Labute approximate surface area is 220 Å². The van der Waals surface area contributed by atoms with E-state index in [1.54, 1.807) is 47.7 Å². The number of benzene rings is 2. The van der Waals surface area contributed by atoms with Gasteiger partial charge in [-0.3, -0.25) is 9.59 Å². The number of ether oxygens (including phenoxy) is 2. The molecule has 3 heterocycles. The van der Waals surface area contributed by atoms with Crippen LogP contribution in [0.15, 0.2) is 46.0 Å². The van der Waals surface area contributed by atoms with Crippen LogP contribution in [0.3, 0.4) is 0 Å². The maximum atomic E-state index is 13.6. The minimum atomic E-state index is -3.78. The third-order valence-electron chi connectivity index (χ3n) is 6.87. The molecule has 5 rings (SSSR count).